The van der Waals surface area contributed by atoms with E-state index in [9.17, 15) is 13.6 Å². The van der Waals surface area contributed by atoms with E-state index < -0.39 is 11.6 Å². The van der Waals surface area contributed by atoms with Crippen LogP contribution >= 0.6 is 0 Å². The molecule has 4 nitrogen and oxygen atoms in total. The number of carbonyl (C=O) groups is 1. The number of aromatic nitrogens is 2. The summed E-state index contributed by atoms with van der Waals surface area (Å²) in [4.78, 5) is 12.4. The van der Waals surface area contributed by atoms with Gasteiger partial charge >= 0.3 is 0 Å². The molecule has 112 valence electrons. The van der Waals surface area contributed by atoms with E-state index in [4.69, 9.17) is 4.74 Å². The first-order valence-corrected chi connectivity index (χ1v) is 6.52. The van der Waals surface area contributed by atoms with Crippen molar-refractivity contribution < 1.29 is 18.3 Å². The molecule has 1 aromatic heterocycles. The second kappa shape index (κ2) is 6.03. The van der Waals surface area contributed by atoms with E-state index in [0.717, 1.165) is 12.1 Å². The van der Waals surface area contributed by atoms with Crippen molar-refractivity contribution in [2.75, 3.05) is 7.11 Å². The highest BCUT2D eigenvalue weighted by molar-refractivity contribution is 5.98. The molecule has 0 saturated heterocycles. The Balaban J connectivity index is 2.31. The molecule has 0 unspecified atom stereocenters. The van der Waals surface area contributed by atoms with Crippen molar-refractivity contribution in [2.45, 2.75) is 26.3 Å². The fourth-order valence-corrected chi connectivity index (χ4v) is 2.07. The Morgan fingerprint density at radius 3 is 2.62 bits per heavy atom. The van der Waals surface area contributed by atoms with Crippen molar-refractivity contribution in [2.24, 2.45) is 0 Å². The minimum Gasteiger partial charge on any atom is -0.493 e. The van der Waals surface area contributed by atoms with Gasteiger partial charge in [-0.1, -0.05) is 6.07 Å². The molecular weight excluding hydrogens is 278 g/mol. The van der Waals surface area contributed by atoms with Gasteiger partial charge in [-0.25, -0.2) is 8.78 Å². The number of carbonyl (C=O) groups excluding carboxylic acids is 1. The molecule has 0 fully saturated rings. The molecule has 0 N–H and O–H groups in total. The van der Waals surface area contributed by atoms with E-state index >= 15 is 0 Å². The zero-order chi connectivity index (χ0) is 15.6. The number of rotatable bonds is 5. The van der Waals surface area contributed by atoms with Crippen molar-refractivity contribution in [3.63, 3.8) is 0 Å². The number of halogens is 2. The van der Waals surface area contributed by atoms with Gasteiger partial charge in [0.2, 0.25) is 0 Å². The molecule has 0 aliphatic rings. The quantitative estimate of drug-likeness (QED) is 0.796. The first-order chi connectivity index (χ1) is 9.93. The van der Waals surface area contributed by atoms with Crippen LogP contribution in [0.3, 0.4) is 0 Å². The van der Waals surface area contributed by atoms with Crippen molar-refractivity contribution in [1.82, 2.24) is 9.78 Å². The number of nitrogens with zero attached hydrogens (tertiary/aromatic N) is 2. The molecule has 0 atom stereocenters. The summed E-state index contributed by atoms with van der Waals surface area (Å²) in [5, 5.41) is 4.12. The lowest BCUT2D eigenvalue weighted by atomic mass is 10.1. The number of hydrogen-bond donors (Lipinski definition) is 0. The highest BCUT2D eigenvalue weighted by Crippen LogP contribution is 2.23. The molecule has 0 radical (unpaired) electrons. The van der Waals surface area contributed by atoms with Crippen LogP contribution in [0.15, 0.2) is 24.4 Å². The molecule has 21 heavy (non-hydrogen) atoms. The summed E-state index contributed by atoms with van der Waals surface area (Å²) in [6, 6.07) is 3.40. The average Bonchev–Trinajstić information content (AvgIpc) is 2.87. The largest absolute Gasteiger partial charge is 0.493 e. The van der Waals surface area contributed by atoms with E-state index in [2.05, 4.69) is 5.10 Å². The second-order valence-electron chi connectivity index (χ2n) is 4.95. The second-order valence-corrected chi connectivity index (χ2v) is 4.95. The fourth-order valence-electron chi connectivity index (χ4n) is 2.07. The van der Waals surface area contributed by atoms with Crippen molar-refractivity contribution in [3.8, 4) is 5.75 Å². The summed E-state index contributed by atoms with van der Waals surface area (Å²) in [5.41, 5.74) is 0.731. The van der Waals surface area contributed by atoms with Crippen molar-refractivity contribution in [1.29, 1.82) is 0 Å². The number of ether oxygens (including phenoxy) is 1. The standard InChI is InChI=1S/C15H16F2N2O2/c1-9(2)19-15(14(21-3)8-18-19)13(20)7-10-4-5-11(16)12(17)6-10/h4-6,8-9H,7H2,1-3H3. The zero-order valence-electron chi connectivity index (χ0n) is 12.1. The summed E-state index contributed by atoms with van der Waals surface area (Å²) in [6.07, 6.45) is 1.42. The predicted octanol–water partition coefficient (Wildman–Crippen LogP) is 3.18. The number of methoxy groups -OCH3 is 1. The molecule has 2 rings (SSSR count). The van der Waals surface area contributed by atoms with Gasteiger partial charge in [-0.2, -0.15) is 5.10 Å². The van der Waals surface area contributed by atoms with Crippen LogP contribution < -0.4 is 4.74 Å². The minimum absolute atomic E-state index is 0.0159. The third-order valence-corrected chi connectivity index (χ3v) is 3.08. The van der Waals surface area contributed by atoms with Crippen molar-refractivity contribution in [3.05, 3.63) is 47.3 Å². The predicted molar refractivity (Wildman–Crippen MR) is 73.6 cm³/mol. The van der Waals surface area contributed by atoms with E-state index in [0.29, 0.717) is 17.0 Å². The molecule has 0 bridgehead atoms. The maximum Gasteiger partial charge on any atom is 0.189 e. The maximum atomic E-state index is 13.2. The Bertz CT molecular complexity index is 666. The van der Waals surface area contributed by atoms with Gasteiger partial charge in [0.1, 0.15) is 5.69 Å². The zero-order valence-corrected chi connectivity index (χ0v) is 12.1. The fraction of sp³-hybridized carbons (Fsp3) is 0.333. The highest BCUT2D eigenvalue weighted by atomic mass is 19.2. The first kappa shape index (κ1) is 15.2. The lowest BCUT2D eigenvalue weighted by Crippen LogP contribution is -2.15. The van der Waals surface area contributed by atoms with Crippen LogP contribution in [0.2, 0.25) is 0 Å². The molecule has 0 aliphatic heterocycles. The molecule has 1 heterocycles. The molecule has 0 saturated carbocycles. The third kappa shape index (κ3) is 3.09. The topological polar surface area (TPSA) is 44.1 Å². The van der Waals surface area contributed by atoms with Crippen LogP contribution in [0.1, 0.15) is 35.9 Å². The normalized spacial score (nSPS) is 11.0. The highest BCUT2D eigenvalue weighted by Gasteiger charge is 2.21. The summed E-state index contributed by atoms with van der Waals surface area (Å²) in [7, 11) is 1.45. The van der Waals surface area contributed by atoms with Crippen LogP contribution in [0.25, 0.3) is 0 Å². The smallest absolute Gasteiger partial charge is 0.189 e. The van der Waals surface area contributed by atoms with Crippen LogP contribution in [-0.4, -0.2) is 22.7 Å². The van der Waals surface area contributed by atoms with Gasteiger partial charge in [0.05, 0.1) is 13.3 Å². The third-order valence-electron chi connectivity index (χ3n) is 3.08. The first-order valence-electron chi connectivity index (χ1n) is 6.52. The Hall–Kier alpha value is -2.24. The SMILES string of the molecule is COc1cnn(C(C)C)c1C(=O)Cc1ccc(F)c(F)c1. The van der Waals surface area contributed by atoms with Gasteiger partial charge in [0, 0.05) is 12.5 Å². The van der Waals surface area contributed by atoms with E-state index in [1.165, 1.54) is 19.4 Å². The van der Waals surface area contributed by atoms with E-state index in [1.54, 1.807) is 4.68 Å². The molecule has 6 heteroatoms. The van der Waals surface area contributed by atoms with Gasteiger partial charge in [-0.15, -0.1) is 0 Å². The monoisotopic (exact) mass is 294 g/mol. The summed E-state index contributed by atoms with van der Waals surface area (Å²) < 4.78 is 32.8. The summed E-state index contributed by atoms with van der Waals surface area (Å²) in [6.45, 7) is 3.78. The Morgan fingerprint density at radius 2 is 2.05 bits per heavy atom. The average molecular weight is 294 g/mol. The van der Waals surface area contributed by atoms with Gasteiger partial charge in [-0.05, 0) is 31.5 Å². The molecule has 1 aromatic carbocycles. The molecule has 0 amide bonds. The van der Waals surface area contributed by atoms with E-state index in [1.807, 2.05) is 13.8 Å². The number of ketones is 1. The maximum absolute atomic E-state index is 13.2. The Morgan fingerprint density at radius 1 is 1.33 bits per heavy atom. The lowest BCUT2D eigenvalue weighted by Gasteiger charge is -2.11. The summed E-state index contributed by atoms with van der Waals surface area (Å²) in [5.74, 6) is -1.79. The molecular formula is C15H16F2N2O2. The summed E-state index contributed by atoms with van der Waals surface area (Å²) >= 11 is 0. The Kier molecular flexibility index (Phi) is 4.35. The van der Waals surface area contributed by atoms with E-state index in [-0.39, 0.29) is 18.2 Å². The van der Waals surface area contributed by atoms with Crippen LogP contribution in [0.4, 0.5) is 8.78 Å². The van der Waals surface area contributed by atoms with Gasteiger partial charge in [0.15, 0.2) is 23.2 Å². The minimum atomic E-state index is -0.968. The number of benzene rings is 1. The van der Waals surface area contributed by atoms with Crippen molar-refractivity contribution >= 4 is 5.78 Å². The van der Waals surface area contributed by atoms with Gasteiger partial charge < -0.3 is 4.74 Å². The van der Waals surface area contributed by atoms with Crippen LogP contribution in [-0.2, 0) is 6.42 Å². The van der Waals surface area contributed by atoms with Gasteiger partial charge in [-0.3, -0.25) is 9.48 Å². The lowest BCUT2D eigenvalue weighted by molar-refractivity contribution is 0.0977. The Labute approximate surface area is 121 Å². The number of Topliss-reactive ketones (excluding diaryl/α,β-unsaturated/α-hetero) is 1. The number of hydrogen-bond acceptors (Lipinski definition) is 3. The van der Waals surface area contributed by atoms with Gasteiger partial charge in [0.25, 0.3) is 0 Å². The molecule has 2 aromatic rings. The van der Waals surface area contributed by atoms with Crippen LogP contribution in [0, 0.1) is 11.6 Å². The van der Waals surface area contributed by atoms with Crippen LogP contribution in [0.5, 0.6) is 5.75 Å². The molecule has 0 aliphatic carbocycles. The molecule has 0 spiro atoms.